The van der Waals surface area contributed by atoms with Crippen molar-refractivity contribution in [2.45, 2.75) is 57.4 Å². The molecule has 1 aromatic rings. The van der Waals surface area contributed by atoms with Gasteiger partial charge in [0, 0.05) is 35.8 Å². The molecule has 1 aliphatic heterocycles. The molecule has 29 heavy (non-hydrogen) atoms. The number of nitrogens with one attached hydrogen (secondary N) is 2. The lowest BCUT2D eigenvalue weighted by atomic mass is 9.65. The molecule has 0 atom stereocenters. The molecule has 2 saturated carbocycles. The van der Waals surface area contributed by atoms with Gasteiger partial charge in [-0.15, -0.1) is 0 Å². The Kier molecular flexibility index (Phi) is 6.11. The van der Waals surface area contributed by atoms with E-state index >= 15 is 0 Å². The minimum atomic E-state index is -0.457. The van der Waals surface area contributed by atoms with E-state index in [2.05, 4.69) is 15.5 Å². The number of hydrogen-bond acceptors (Lipinski definition) is 3. The lowest BCUT2D eigenvalue weighted by molar-refractivity contribution is -0.128. The highest BCUT2D eigenvalue weighted by Gasteiger charge is 2.46. The van der Waals surface area contributed by atoms with Crippen molar-refractivity contribution in [3.8, 4) is 0 Å². The highest BCUT2D eigenvalue weighted by Crippen LogP contribution is 2.45. The van der Waals surface area contributed by atoms with Gasteiger partial charge in [0.2, 0.25) is 11.8 Å². The molecule has 0 aromatic heterocycles. The van der Waals surface area contributed by atoms with Crippen LogP contribution in [0.1, 0.15) is 51.4 Å². The largest absolute Gasteiger partial charge is 0.352 e. The first kappa shape index (κ1) is 20.6. The number of nitrogens with zero attached hydrogens (tertiary/aromatic N) is 1. The average molecular weight is 422 g/mol. The van der Waals surface area contributed by atoms with Crippen molar-refractivity contribution in [2.75, 3.05) is 25.0 Å². The maximum Gasteiger partial charge on any atom is 0.234 e. The first-order chi connectivity index (χ1) is 13.9. The van der Waals surface area contributed by atoms with E-state index in [-0.39, 0.29) is 28.2 Å². The average Bonchev–Trinajstić information content (AvgIpc) is 3.13. The summed E-state index contributed by atoms with van der Waals surface area (Å²) in [5.74, 6) is -0.425. The number of anilines is 1. The van der Waals surface area contributed by atoms with Gasteiger partial charge in [-0.2, -0.15) is 0 Å². The first-order valence-corrected chi connectivity index (χ1v) is 11.1. The maximum atomic E-state index is 13.4. The van der Waals surface area contributed by atoms with Crippen molar-refractivity contribution in [3.63, 3.8) is 0 Å². The number of amides is 2. The van der Waals surface area contributed by atoms with Crippen LogP contribution in [0, 0.1) is 17.2 Å². The molecule has 1 aromatic carbocycles. The molecular formula is C22H29ClFN3O2. The Balaban J connectivity index is 1.19. The van der Waals surface area contributed by atoms with E-state index in [1.165, 1.54) is 25.0 Å². The number of carbonyl (C=O) groups excluding carboxylic acids is 2. The summed E-state index contributed by atoms with van der Waals surface area (Å²) in [6.07, 6.45) is 8.32. The zero-order valence-electron chi connectivity index (χ0n) is 16.7. The van der Waals surface area contributed by atoms with Crippen LogP contribution in [-0.2, 0) is 9.59 Å². The summed E-state index contributed by atoms with van der Waals surface area (Å²) in [5, 5.41) is 6.22. The molecule has 1 spiro atoms. The number of rotatable bonds is 5. The second kappa shape index (κ2) is 8.60. The molecule has 3 fully saturated rings. The summed E-state index contributed by atoms with van der Waals surface area (Å²) < 4.78 is 13.4. The molecule has 0 unspecified atom stereocenters. The number of benzene rings is 1. The summed E-state index contributed by atoms with van der Waals surface area (Å²) in [5.41, 5.74) is 0.662. The molecule has 1 saturated heterocycles. The SMILES string of the molecule is O=C(CN1CC2(CCC(C(=O)Nc3cc(F)cc(Cl)c3)CC2)C1)NC1CCCC1. The van der Waals surface area contributed by atoms with Crippen molar-refractivity contribution < 1.29 is 14.0 Å². The van der Waals surface area contributed by atoms with Gasteiger partial charge in [0.05, 0.1) is 6.54 Å². The van der Waals surface area contributed by atoms with Crippen molar-refractivity contribution >= 4 is 29.1 Å². The minimum Gasteiger partial charge on any atom is -0.352 e. The van der Waals surface area contributed by atoms with Crippen LogP contribution in [0.5, 0.6) is 0 Å². The van der Waals surface area contributed by atoms with E-state index in [0.29, 0.717) is 18.3 Å². The second-order valence-electron chi connectivity index (χ2n) is 9.12. The molecule has 2 N–H and O–H groups in total. The predicted octanol–water partition coefficient (Wildman–Crippen LogP) is 3.97. The Labute approximate surface area is 176 Å². The van der Waals surface area contributed by atoms with E-state index in [1.807, 2.05) is 0 Å². The van der Waals surface area contributed by atoms with Gasteiger partial charge in [-0.3, -0.25) is 14.5 Å². The van der Waals surface area contributed by atoms with Crippen LogP contribution in [0.4, 0.5) is 10.1 Å². The van der Waals surface area contributed by atoms with Gasteiger partial charge in [-0.1, -0.05) is 24.4 Å². The van der Waals surface area contributed by atoms with E-state index in [0.717, 1.165) is 51.6 Å². The minimum absolute atomic E-state index is 0.0533. The molecule has 4 rings (SSSR count). The predicted molar refractivity (Wildman–Crippen MR) is 111 cm³/mol. The zero-order valence-corrected chi connectivity index (χ0v) is 17.4. The van der Waals surface area contributed by atoms with Crippen molar-refractivity contribution in [1.82, 2.24) is 10.2 Å². The van der Waals surface area contributed by atoms with Crippen LogP contribution in [0.2, 0.25) is 5.02 Å². The van der Waals surface area contributed by atoms with E-state index in [1.54, 1.807) is 6.07 Å². The number of hydrogen-bond donors (Lipinski definition) is 2. The second-order valence-corrected chi connectivity index (χ2v) is 9.55. The standard InChI is InChI=1S/C22H29ClFN3O2/c23-16-9-17(24)11-19(10-16)26-21(29)15-5-7-22(8-6-15)13-27(14-22)12-20(28)25-18-3-1-2-4-18/h9-11,15,18H,1-8,12-14H2,(H,25,28)(H,26,29). The molecular weight excluding hydrogens is 393 g/mol. The lowest BCUT2D eigenvalue weighted by Crippen LogP contribution is -2.60. The third-order valence-corrected chi connectivity index (χ3v) is 6.97. The molecule has 158 valence electrons. The molecule has 3 aliphatic rings. The van der Waals surface area contributed by atoms with Crippen LogP contribution in [0.3, 0.4) is 0 Å². The molecule has 0 bridgehead atoms. The lowest BCUT2D eigenvalue weighted by Gasteiger charge is -2.53. The van der Waals surface area contributed by atoms with Crippen LogP contribution in [-0.4, -0.2) is 42.4 Å². The van der Waals surface area contributed by atoms with Crippen LogP contribution in [0.15, 0.2) is 18.2 Å². The van der Waals surface area contributed by atoms with Gasteiger partial charge in [-0.25, -0.2) is 4.39 Å². The van der Waals surface area contributed by atoms with E-state index in [9.17, 15) is 14.0 Å². The maximum absolute atomic E-state index is 13.4. The van der Waals surface area contributed by atoms with Crippen molar-refractivity contribution in [2.24, 2.45) is 11.3 Å². The van der Waals surface area contributed by atoms with Gasteiger partial charge >= 0.3 is 0 Å². The highest BCUT2D eigenvalue weighted by atomic mass is 35.5. The molecule has 0 radical (unpaired) electrons. The van der Waals surface area contributed by atoms with E-state index in [4.69, 9.17) is 11.6 Å². The third kappa shape index (κ3) is 5.10. The fourth-order valence-corrected chi connectivity index (χ4v) is 5.46. The molecule has 7 heteroatoms. The highest BCUT2D eigenvalue weighted by molar-refractivity contribution is 6.30. The third-order valence-electron chi connectivity index (χ3n) is 6.75. The molecule has 2 aliphatic carbocycles. The van der Waals surface area contributed by atoms with Gasteiger partial charge in [0.1, 0.15) is 5.82 Å². The Morgan fingerprint density at radius 2 is 1.79 bits per heavy atom. The number of halogens is 2. The van der Waals surface area contributed by atoms with Gasteiger partial charge in [0.25, 0.3) is 0 Å². The topological polar surface area (TPSA) is 61.4 Å². The van der Waals surface area contributed by atoms with E-state index < -0.39 is 5.82 Å². The first-order valence-electron chi connectivity index (χ1n) is 10.7. The number of carbonyl (C=O) groups is 2. The Hall–Kier alpha value is -1.66. The fourth-order valence-electron chi connectivity index (χ4n) is 5.24. The van der Waals surface area contributed by atoms with Crippen LogP contribution >= 0.6 is 11.6 Å². The van der Waals surface area contributed by atoms with Crippen LogP contribution < -0.4 is 10.6 Å². The molecule has 5 nitrogen and oxygen atoms in total. The summed E-state index contributed by atoms with van der Waals surface area (Å²) in [6, 6.07) is 4.44. The Bertz CT molecular complexity index is 745. The monoisotopic (exact) mass is 421 g/mol. The van der Waals surface area contributed by atoms with Gasteiger partial charge in [0.15, 0.2) is 0 Å². The molecule has 1 heterocycles. The Morgan fingerprint density at radius 3 is 2.45 bits per heavy atom. The zero-order chi connectivity index (χ0) is 20.4. The van der Waals surface area contributed by atoms with Crippen LogP contribution in [0.25, 0.3) is 0 Å². The van der Waals surface area contributed by atoms with Crippen molar-refractivity contribution in [1.29, 1.82) is 0 Å². The Morgan fingerprint density at radius 1 is 1.10 bits per heavy atom. The van der Waals surface area contributed by atoms with Gasteiger partial charge < -0.3 is 10.6 Å². The smallest absolute Gasteiger partial charge is 0.234 e. The number of likely N-dealkylation sites (tertiary alicyclic amines) is 1. The fraction of sp³-hybridized carbons (Fsp3) is 0.636. The normalized spacial score (nSPS) is 22.4. The quantitative estimate of drug-likeness (QED) is 0.756. The summed E-state index contributed by atoms with van der Waals surface area (Å²) >= 11 is 5.86. The summed E-state index contributed by atoms with van der Waals surface area (Å²) in [4.78, 5) is 27.0. The summed E-state index contributed by atoms with van der Waals surface area (Å²) in [7, 11) is 0. The van der Waals surface area contributed by atoms with Gasteiger partial charge in [-0.05, 0) is 62.1 Å². The summed E-state index contributed by atoms with van der Waals surface area (Å²) in [6.45, 7) is 2.38. The van der Waals surface area contributed by atoms with Crippen molar-refractivity contribution in [3.05, 3.63) is 29.0 Å². The molecule has 2 amide bonds.